The number of hydrogen-bond acceptors (Lipinski definition) is 3. The van der Waals surface area contributed by atoms with Gasteiger partial charge in [-0.15, -0.1) is 0 Å². The number of carboxylic acids is 1. The van der Waals surface area contributed by atoms with Gasteiger partial charge in [0.15, 0.2) is 0 Å². The summed E-state index contributed by atoms with van der Waals surface area (Å²) >= 11 is 0. The first-order valence-electron chi connectivity index (χ1n) is 2.22. The van der Waals surface area contributed by atoms with Crippen LogP contribution in [-0.2, 0) is 4.79 Å². The Bertz CT molecular complexity index is 98.5. The molecular weight excluding hydrogens is 156 g/mol. The van der Waals surface area contributed by atoms with Gasteiger partial charge in [0.25, 0.3) is 0 Å². The number of nitrogens with two attached hydrogens (primary N) is 1. The van der Waals surface area contributed by atoms with Crippen molar-refractivity contribution < 1.29 is 15.0 Å². The Kier molecular flexibility index (Phi) is 14.8. The van der Waals surface area contributed by atoms with E-state index in [0.29, 0.717) is 0 Å². The van der Waals surface area contributed by atoms with E-state index >= 15 is 0 Å². The van der Waals surface area contributed by atoms with Crippen LogP contribution in [0.5, 0.6) is 0 Å². The molecule has 2 unspecified atom stereocenters. The second-order valence-corrected chi connectivity index (χ2v) is 1.60. The van der Waals surface area contributed by atoms with Gasteiger partial charge in [0, 0.05) is 0 Å². The number of carboxylic acid groups (broad SMARTS) is 1. The van der Waals surface area contributed by atoms with Crippen molar-refractivity contribution in [1.29, 1.82) is 0 Å². The summed E-state index contributed by atoms with van der Waals surface area (Å²) in [7, 11) is 0. The number of aliphatic hydroxyl groups is 1. The number of aliphatic hydroxyl groups excluding tert-OH is 1. The average Bonchev–Trinajstić information content (AvgIpc) is 1.64. The van der Waals surface area contributed by atoms with Gasteiger partial charge in [-0.2, -0.15) is 0 Å². The van der Waals surface area contributed by atoms with Gasteiger partial charge in [0.05, 0.1) is 6.10 Å². The molecule has 4 nitrogen and oxygen atoms in total. The van der Waals surface area contributed by atoms with Crippen LogP contribution in [0, 0.1) is 0 Å². The maximum atomic E-state index is 9.86. The molecule has 0 aliphatic heterocycles. The predicted molar refractivity (Wildman–Crippen MR) is 41.6 cm³/mol. The van der Waals surface area contributed by atoms with Gasteiger partial charge >= 0.3 is 65.1 Å². The number of carbonyl (C=O) groups is 1. The molecule has 6 heteroatoms. The van der Waals surface area contributed by atoms with Gasteiger partial charge in [-0.1, -0.05) is 0 Å². The fourth-order valence-corrected chi connectivity index (χ4v) is 0.206. The molecule has 4 N–H and O–H groups in total. The van der Waals surface area contributed by atoms with Crippen molar-refractivity contribution >= 4 is 65.1 Å². The first-order chi connectivity index (χ1) is 3.55. The van der Waals surface area contributed by atoms with E-state index in [1.54, 1.807) is 0 Å². The second-order valence-electron chi connectivity index (χ2n) is 1.60. The van der Waals surface area contributed by atoms with Crippen molar-refractivity contribution in [2.45, 2.75) is 19.1 Å². The van der Waals surface area contributed by atoms with E-state index in [2.05, 4.69) is 0 Å². The predicted octanol–water partition coefficient (Wildman–Crippen LogP) is -2.52. The molecule has 52 valence electrons. The Morgan fingerprint density at radius 1 is 1.50 bits per heavy atom. The van der Waals surface area contributed by atoms with Crippen molar-refractivity contribution in [2.24, 2.45) is 5.73 Å². The molecule has 0 saturated carbocycles. The number of rotatable bonds is 2. The Balaban J connectivity index is -0.000000245. The van der Waals surface area contributed by atoms with E-state index in [1.807, 2.05) is 0 Å². The summed E-state index contributed by atoms with van der Waals surface area (Å²) in [5, 5.41) is 16.6. The van der Waals surface area contributed by atoms with E-state index in [9.17, 15) is 4.79 Å². The van der Waals surface area contributed by atoms with Gasteiger partial charge < -0.3 is 15.9 Å². The van der Waals surface area contributed by atoms with Crippen molar-refractivity contribution in [1.82, 2.24) is 0 Å². The Hall–Kier alpha value is 1.39. The summed E-state index contributed by atoms with van der Waals surface area (Å²) in [4.78, 5) is 9.86. The molecule has 2 atom stereocenters. The van der Waals surface area contributed by atoms with E-state index < -0.39 is 18.1 Å². The minimum absolute atomic E-state index is 0. The van der Waals surface area contributed by atoms with Gasteiger partial charge in [0.2, 0.25) is 0 Å². The SMILES string of the molecule is CC(O)C(N)C(=O)O.[NaH].[NaH]. The summed E-state index contributed by atoms with van der Waals surface area (Å²) in [5.41, 5.74) is 4.91. The molecule has 0 amide bonds. The van der Waals surface area contributed by atoms with E-state index in [-0.39, 0.29) is 59.1 Å². The molecule has 0 aliphatic rings. The normalized spacial score (nSPS) is 13.9. The average molecular weight is 167 g/mol. The Morgan fingerprint density at radius 2 is 1.80 bits per heavy atom. The van der Waals surface area contributed by atoms with Crippen LogP contribution >= 0.6 is 0 Å². The molecule has 0 aliphatic carbocycles. The summed E-state index contributed by atoms with van der Waals surface area (Å²) in [5.74, 6) is -1.18. The number of hydrogen-bond donors (Lipinski definition) is 3. The second kappa shape index (κ2) is 8.49. The molecule has 0 aromatic heterocycles. The summed E-state index contributed by atoms with van der Waals surface area (Å²) in [6.07, 6.45) is -0.979. The summed E-state index contributed by atoms with van der Waals surface area (Å²) < 4.78 is 0. The van der Waals surface area contributed by atoms with Crippen LogP contribution in [0.1, 0.15) is 6.92 Å². The molecule has 0 aromatic rings. The van der Waals surface area contributed by atoms with Crippen LogP contribution in [-0.4, -0.2) is 87.4 Å². The molecule has 0 rings (SSSR count). The standard InChI is InChI=1S/C4H9NO3.2Na.2H/c1-2(6)3(5)4(7)8;;;;/h2-3,6H,5H2,1H3,(H,7,8);;;;. The van der Waals surface area contributed by atoms with Crippen LogP contribution in [0.3, 0.4) is 0 Å². The first-order valence-corrected chi connectivity index (χ1v) is 2.22. The zero-order valence-corrected chi connectivity index (χ0v) is 4.53. The molecule has 0 spiro atoms. The molecule has 0 radical (unpaired) electrons. The topological polar surface area (TPSA) is 83.5 Å². The van der Waals surface area contributed by atoms with Crippen molar-refractivity contribution in [2.75, 3.05) is 0 Å². The number of aliphatic carboxylic acids is 1. The molecule has 0 aromatic carbocycles. The molecule has 0 saturated heterocycles. The van der Waals surface area contributed by atoms with Crippen LogP contribution in [0.15, 0.2) is 0 Å². The molecule has 10 heavy (non-hydrogen) atoms. The molecule has 0 fully saturated rings. The third kappa shape index (κ3) is 7.50. The third-order valence-corrected chi connectivity index (χ3v) is 0.805. The van der Waals surface area contributed by atoms with Crippen LogP contribution in [0.2, 0.25) is 0 Å². The van der Waals surface area contributed by atoms with Gasteiger partial charge in [-0.3, -0.25) is 4.79 Å². The molecular formula is C4H11NNa2O3. The van der Waals surface area contributed by atoms with Gasteiger partial charge in [0.1, 0.15) is 6.04 Å². The van der Waals surface area contributed by atoms with E-state index in [0.717, 1.165) is 0 Å². The van der Waals surface area contributed by atoms with Crippen LogP contribution in [0.4, 0.5) is 0 Å². The van der Waals surface area contributed by atoms with Crippen LogP contribution < -0.4 is 5.73 Å². The van der Waals surface area contributed by atoms with Crippen LogP contribution in [0.25, 0.3) is 0 Å². The first kappa shape index (κ1) is 17.5. The third-order valence-electron chi connectivity index (χ3n) is 0.805. The monoisotopic (exact) mass is 167 g/mol. The fourth-order valence-electron chi connectivity index (χ4n) is 0.206. The van der Waals surface area contributed by atoms with Crippen molar-refractivity contribution in [3.05, 3.63) is 0 Å². The Morgan fingerprint density at radius 3 is 1.80 bits per heavy atom. The fraction of sp³-hybridized carbons (Fsp3) is 0.750. The molecule has 0 bridgehead atoms. The van der Waals surface area contributed by atoms with Crippen molar-refractivity contribution in [3.63, 3.8) is 0 Å². The zero-order chi connectivity index (χ0) is 6.73. The maximum absolute atomic E-state index is 9.86. The minimum atomic E-state index is -1.18. The van der Waals surface area contributed by atoms with E-state index in [1.165, 1.54) is 6.92 Å². The Labute approximate surface area is 104 Å². The van der Waals surface area contributed by atoms with Gasteiger partial charge in [-0.05, 0) is 6.92 Å². The zero-order valence-electron chi connectivity index (χ0n) is 4.53. The summed E-state index contributed by atoms with van der Waals surface area (Å²) in [6, 6.07) is -1.16. The van der Waals surface area contributed by atoms with E-state index in [4.69, 9.17) is 15.9 Å². The van der Waals surface area contributed by atoms with Gasteiger partial charge in [-0.25, -0.2) is 0 Å². The quantitative estimate of drug-likeness (QED) is 0.396. The van der Waals surface area contributed by atoms with Crippen molar-refractivity contribution in [3.8, 4) is 0 Å². The molecule has 0 heterocycles. The summed E-state index contributed by atoms with van der Waals surface area (Å²) in [6.45, 7) is 1.33.